The molecule has 0 radical (unpaired) electrons. The fraction of sp³-hybridized carbons (Fsp3) is 0.556. The van der Waals surface area contributed by atoms with Gasteiger partial charge in [0, 0.05) is 19.5 Å². The van der Waals surface area contributed by atoms with Crippen molar-refractivity contribution in [3.63, 3.8) is 0 Å². The van der Waals surface area contributed by atoms with Gasteiger partial charge in [0.05, 0.1) is 17.5 Å². The molecule has 5 atom stereocenters. The third-order valence-electron chi connectivity index (χ3n) is 8.26. The number of amides is 2. The smallest absolute Gasteiger partial charge is 0.317 e. The second-order valence-electron chi connectivity index (χ2n) is 14.7. The summed E-state index contributed by atoms with van der Waals surface area (Å²) in [5.41, 5.74) is -1.20. The second kappa shape index (κ2) is 13.3. The normalized spacial score (nSPS) is 24.9. The van der Waals surface area contributed by atoms with Gasteiger partial charge in [-0.1, -0.05) is 60.7 Å². The molecule has 0 aliphatic carbocycles. The third-order valence-corrected chi connectivity index (χ3v) is 8.26. The Morgan fingerprint density at radius 2 is 1.18 bits per heavy atom. The van der Waals surface area contributed by atoms with Crippen LogP contribution in [0.5, 0.6) is 0 Å². The van der Waals surface area contributed by atoms with Crippen molar-refractivity contribution >= 4 is 23.8 Å². The predicted molar refractivity (Wildman–Crippen MR) is 172 cm³/mol. The van der Waals surface area contributed by atoms with E-state index in [0.717, 1.165) is 11.1 Å². The van der Waals surface area contributed by atoms with Crippen LogP contribution < -0.4 is 0 Å². The molecule has 246 valence electrons. The monoisotopic (exact) mass is 622 g/mol. The maximum absolute atomic E-state index is 12.5. The lowest BCUT2D eigenvalue weighted by Gasteiger charge is -2.30. The van der Waals surface area contributed by atoms with E-state index in [2.05, 4.69) is 0 Å². The van der Waals surface area contributed by atoms with Crippen molar-refractivity contribution in [1.82, 2.24) is 9.80 Å². The Balaban J connectivity index is 0.000000246. The molecule has 2 aromatic rings. The standard InChI is InChI=1S/C18H25NO4.C18H25NO3/c1-12(13-9-7-6-8-10-13)19-11-18(5,14(20)15(19)21)16(22)23-17(2,3)4;1-13(14-9-7-6-8-10-14)19-12-18(5,11-15(19)20)16(21)22-17(2,3)4/h6-10,12,14,20H,11H2,1-5H3;6-10,13H,11-12H2,1-5H3/t12-,14?,18+;13-,18-/m11/s1. The number of hydrogen-bond donors (Lipinski definition) is 1. The molecule has 2 heterocycles. The summed E-state index contributed by atoms with van der Waals surface area (Å²) < 4.78 is 10.9. The number of nitrogens with zero attached hydrogens (tertiary/aromatic N) is 2. The predicted octanol–water partition coefficient (Wildman–Crippen LogP) is 5.63. The minimum atomic E-state index is -1.39. The average molecular weight is 623 g/mol. The molecular weight excluding hydrogens is 572 g/mol. The minimum Gasteiger partial charge on any atom is -0.459 e. The lowest BCUT2D eigenvalue weighted by Crippen LogP contribution is -2.44. The summed E-state index contributed by atoms with van der Waals surface area (Å²) in [7, 11) is 0. The minimum absolute atomic E-state index is 0.00436. The zero-order valence-corrected chi connectivity index (χ0v) is 28.4. The van der Waals surface area contributed by atoms with Gasteiger partial charge >= 0.3 is 11.9 Å². The van der Waals surface area contributed by atoms with Crippen LogP contribution in [0.3, 0.4) is 0 Å². The fourth-order valence-electron chi connectivity index (χ4n) is 5.52. The molecule has 2 amide bonds. The first kappa shape index (κ1) is 35.8. The molecule has 0 spiro atoms. The SMILES string of the molecule is C[C@H](c1ccccc1)N1C[C@](C)(C(=O)OC(C)(C)C)C(O)C1=O.C[C@H](c1ccccc1)N1C[C@](C)(C(=O)OC(C)(C)C)CC1=O. The number of rotatable bonds is 6. The van der Waals surface area contributed by atoms with Crippen LogP contribution in [0.4, 0.5) is 0 Å². The highest BCUT2D eigenvalue weighted by Crippen LogP contribution is 2.39. The fourth-order valence-corrected chi connectivity index (χ4v) is 5.52. The number of aliphatic hydroxyl groups is 1. The number of ether oxygens (including phenoxy) is 2. The molecule has 2 aromatic carbocycles. The summed E-state index contributed by atoms with van der Waals surface area (Å²) in [6.07, 6.45) is -1.18. The molecule has 0 aromatic heterocycles. The highest BCUT2D eigenvalue weighted by Gasteiger charge is 2.56. The Hall–Kier alpha value is -3.72. The van der Waals surface area contributed by atoms with Crippen LogP contribution in [-0.4, -0.2) is 69.1 Å². The van der Waals surface area contributed by atoms with Crippen molar-refractivity contribution in [3.8, 4) is 0 Å². The van der Waals surface area contributed by atoms with Crippen LogP contribution in [0.15, 0.2) is 60.7 Å². The van der Waals surface area contributed by atoms with Gasteiger partial charge in [0.2, 0.25) is 5.91 Å². The molecule has 0 bridgehead atoms. The summed E-state index contributed by atoms with van der Waals surface area (Å²) >= 11 is 0. The van der Waals surface area contributed by atoms with Gasteiger partial charge in [-0.05, 0) is 80.4 Å². The van der Waals surface area contributed by atoms with Crippen molar-refractivity contribution < 1.29 is 33.8 Å². The van der Waals surface area contributed by atoms with E-state index >= 15 is 0 Å². The average Bonchev–Trinajstić information content (AvgIpc) is 3.40. The lowest BCUT2D eigenvalue weighted by atomic mass is 9.87. The number of carbonyl (C=O) groups excluding carboxylic acids is 4. The van der Waals surface area contributed by atoms with E-state index in [1.165, 1.54) is 0 Å². The first-order valence-electron chi connectivity index (χ1n) is 15.5. The third kappa shape index (κ3) is 8.51. The number of likely N-dealkylation sites (tertiary alicyclic amines) is 2. The van der Waals surface area contributed by atoms with Gasteiger partial charge in [-0.25, -0.2) is 0 Å². The van der Waals surface area contributed by atoms with Crippen molar-refractivity contribution in [2.75, 3.05) is 13.1 Å². The Labute approximate surface area is 267 Å². The van der Waals surface area contributed by atoms with Gasteiger partial charge in [0.1, 0.15) is 16.6 Å². The number of esters is 2. The molecule has 0 saturated carbocycles. The van der Waals surface area contributed by atoms with Gasteiger partial charge in [0.25, 0.3) is 5.91 Å². The van der Waals surface area contributed by atoms with Gasteiger partial charge in [0.15, 0.2) is 6.10 Å². The number of hydrogen-bond acceptors (Lipinski definition) is 7. The molecular formula is C36H50N2O7. The summed E-state index contributed by atoms with van der Waals surface area (Å²) in [5.74, 6) is -1.27. The van der Waals surface area contributed by atoms with Crippen LogP contribution in [0, 0.1) is 10.8 Å². The molecule has 4 rings (SSSR count). The highest BCUT2D eigenvalue weighted by molar-refractivity contribution is 5.93. The quantitative estimate of drug-likeness (QED) is 0.416. The van der Waals surface area contributed by atoms with E-state index in [4.69, 9.17) is 9.47 Å². The molecule has 2 aliphatic rings. The van der Waals surface area contributed by atoms with Crippen LogP contribution in [0.2, 0.25) is 0 Å². The Morgan fingerprint density at radius 3 is 1.62 bits per heavy atom. The van der Waals surface area contributed by atoms with E-state index in [1.54, 1.807) is 37.5 Å². The zero-order chi connectivity index (χ0) is 34.0. The summed E-state index contributed by atoms with van der Waals surface area (Å²) in [5, 5.41) is 10.4. The Bertz CT molecular complexity index is 1370. The van der Waals surface area contributed by atoms with E-state index in [9.17, 15) is 24.3 Å². The van der Waals surface area contributed by atoms with Crippen LogP contribution >= 0.6 is 0 Å². The molecule has 1 unspecified atom stereocenters. The Kier molecular flexibility index (Phi) is 10.6. The topological polar surface area (TPSA) is 113 Å². The van der Waals surface area contributed by atoms with E-state index in [-0.39, 0.29) is 36.9 Å². The Morgan fingerprint density at radius 1 is 0.756 bits per heavy atom. The van der Waals surface area contributed by atoms with Crippen LogP contribution in [-0.2, 0) is 28.7 Å². The molecule has 9 nitrogen and oxygen atoms in total. The van der Waals surface area contributed by atoms with E-state index in [0.29, 0.717) is 6.54 Å². The van der Waals surface area contributed by atoms with Crippen LogP contribution in [0.1, 0.15) is 98.9 Å². The molecule has 2 aliphatic heterocycles. The van der Waals surface area contributed by atoms with Gasteiger partial charge < -0.3 is 24.4 Å². The van der Waals surface area contributed by atoms with Gasteiger partial charge in [-0.15, -0.1) is 0 Å². The maximum Gasteiger partial charge on any atom is 0.317 e. The summed E-state index contributed by atoms with van der Waals surface area (Å²) in [6.45, 7) is 18.6. The summed E-state index contributed by atoms with van der Waals surface area (Å²) in [4.78, 5) is 53.1. The van der Waals surface area contributed by atoms with Crippen molar-refractivity contribution in [3.05, 3.63) is 71.8 Å². The first-order valence-corrected chi connectivity index (χ1v) is 15.5. The van der Waals surface area contributed by atoms with Gasteiger partial charge in [-0.2, -0.15) is 0 Å². The summed E-state index contributed by atoms with van der Waals surface area (Å²) in [6, 6.07) is 19.2. The van der Waals surface area contributed by atoms with E-state index in [1.807, 2.05) is 102 Å². The molecule has 2 saturated heterocycles. The molecule has 2 fully saturated rings. The van der Waals surface area contributed by atoms with Crippen molar-refractivity contribution in [1.29, 1.82) is 0 Å². The lowest BCUT2D eigenvalue weighted by molar-refractivity contribution is -0.171. The highest BCUT2D eigenvalue weighted by atomic mass is 16.6. The number of aliphatic hydroxyl groups excluding tert-OH is 1. The molecule has 9 heteroatoms. The van der Waals surface area contributed by atoms with Crippen LogP contribution in [0.25, 0.3) is 0 Å². The zero-order valence-electron chi connectivity index (χ0n) is 28.4. The second-order valence-corrected chi connectivity index (χ2v) is 14.7. The van der Waals surface area contributed by atoms with Crippen molar-refractivity contribution in [2.45, 2.75) is 105 Å². The van der Waals surface area contributed by atoms with E-state index < -0.39 is 40.0 Å². The molecule has 45 heavy (non-hydrogen) atoms. The largest absolute Gasteiger partial charge is 0.459 e. The number of carbonyl (C=O) groups is 4. The molecule has 1 N–H and O–H groups in total. The first-order chi connectivity index (χ1) is 20.7. The van der Waals surface area contributed by atoms with Crippen molar-refractivity contribution in [2.24, 2.45) is 10.8 Å². The number of benzene rings is 2. The van der Waals surface area contributed by atoms with Gasteiger partial charge in [-0.3, -0.25) is 19.2 Å². The maximum atomic E-state index is 12.5.